The molecule has 1 fully saturated rings. The normalized spacial score (nSPS) is 16.1. The van der Waals surface area contributed by atoms with Gasteiger partial charge in [-0.25, -0.2) is 9.97 Å². The third-order valence-corrected chi connectivity index (χ3v) is 4.88. The summed E-state index contributed by atoms with van der Waals surface area (Å²) in [5.74, 6) is 1.06. The van der Waals surface area contributed by atoms with Crippen molar-refractivity contribution in [2.45, 2.75) is 12.5 Å². The number of anilines is 1. The lowest BCUT2D eigenvalue weighted by Gasteiger charge is -2.17. The lowest BCUT2D eigenvalue weighted by Crippen LogP contribution is -2.39. The molecule has 9 heteroatoms. The van der Waals surface area contributed by atoms with Crippen LogP contribution in [0.3, 0.4) is 0 Å². The maximum absolute atomic E-state index is 12.2. The molecule has 1 amide bonds. The largest absolute Gasteiger partial charge is 0.484 e. The minimum atomic E-state index is -0.165. The minimum Gasteiger partial charge on any atom is -0.484 e. The van der Waals surface area contributed by atoms with Crippen molar-refractivity contribution in [3.8, 4) is 17.0 Å². The van der Waals surface area contributed by atoms with Gasteiger partial charge in [-0.3, -0.25) is 9.48 Å². The number of halogens is 1. The Hall–Kier alpha value is -3.13. The van der Waals surface area contributed by atoms with Crippen LogP contribution < -0.4 is 15.0 Å². The van der Waals surface area contributed by atoms with Crippen LogP contribution in [0.1, 0.15) is 6.42 Å². The Bertz CT molecular complexity index is 1010. The number of nitrogens with one attached hydrogen (secondary N) is 1. The van der Waals surface area contributed by atoms with Gasteiger partial charge in [0.2, 0.25) is 5.95 Å². The van der Waals surface area contributed by atoms with Crippen molar-refractivity contribution in [3.05, 3.63) is 53.9 Å². The average Bonchev–Trinajstić information content (AvgIpc) is 3.36. The van der Waals surface area contributed by atoms with Crippen molar-refractivity contribution in [1.29, 1.82) is 0 Å². The van der Waals surface area contributed by atoms with Crippen LogP contribution in [-0.2, 0) is 11.8 Å². The number of hydrogen-bond donors (Lipinski definition) is 1. The first kappa shape index (κ1) is 19.2. The van der Waals surface area contributed by atoms with E-state index in [0.29, 0.717) is 23.3 Å². The van der Waals surface area contributed by atoms with E-state index >= 15 is 0 Å². The van der Waals surface area contributed by atoms with Gasteiger partial charge in [0, 0.05) is 49.2 Å². The van der Waals surface area contributed by atoms with Crippen molar-refractivity contribution in [2.75, 3.05) is 24.6 Å². The fraction of sp³-hybridized carbons (Fsp3) is 0.300. The Kier molecular flexibility index (Phi) is 5.62. The highest BCUT2D eigenvalue weighted by Crippen LogP contribution is 2.21. The molecule has 3 aromatic rings. The predicted octanol–water partition coefficient (Wildman–Crippen LogP) is 2.30. The van der Waals surface area contributed by atoms with Crippen molar-refractivity contribution in [2.24, 2.45) is 7.05 Å². The van der Waals surface area contributed by atoms with Crippen molar-refractivity contribution in [1.82, 2.24) is 25.1 Å². The Morgan fingerprint density at radius 2 is 2.28 bits per heavy atom. The molecule has 29 heavy (non-hydrogen) atoms. The van der Waals surface area contributed by atoms with Crippen LogP contribution in [0.5, 0.6) is 5.75 Å². The molecule has 150 valence electrons. The number of carbonyl (C=O) groups excluding carboxylic acids is 1. The molecule has 0 radical (unpaired) electrons. The first-order valence-corrected chi connectivity index (χ1v) is 9.69. The monoisotopic (exact) mass is 412 g/mol. The van der Waals surface area contributed by atoms with Gasteiger partial charge in [-0.2, -0.15) is 5.10 Å². The second-order valence-electron chi connectivity index (χ2n) is 6.89. The Balaban J connectivity index is 1.31. The maximum atomic E-state index is 12.2. The van der Waals surface area contributed by atoms with Crippen molar-refractivity contribution < 1.29 is 9.53 Å². The highest BCUT2D eigenvalue weighted by Gasteiger charge is 2.26. The number of ether oxygens (including phenoxy) is 1. The zero-order valence-electron chi connectivity index (χ0n) is 16.0. The van der Waals surface area contributed by atoms with E-state index in [9.17, 15) is 4.79 Å². The molecule has 1 atom stereocenters. The molecular formula is C20H21ClN6O2. The summed E-state index contributed by atoms with van der Waals surface area (Å²) in [6, 6.07) is 8.87. The summed E-state index contributed by atoms with van der Waals surface area (Å²) < 4.78 is 7.23. The van der Waals surface area contributed by atoms with Gasteiger partial charge in [0.25, 0.3) is 5.91 Å². The summed E-state index contributed by atoms with van der Waals surface area (Å²) in [6.07, 6.45) is 6.26. The van der Waals surface area contributed by atoms with E-state index in [0.717, 1.165) is 24.2 Å². The summed E-state index contributed by atoms with van der Waals surface area (Å²) in [5, 5.41) is 7.76. The topological polar surface area (TPSA) is 85.2 Å². The van der Waals surface area contributed by atoms with E-state index < -0.39 is 0 Å². The fourth-order valence-corrected chi connectivity index (χ4v) is 3.43. The third-order valence-electron chi connectivity index (χ3n) is 4.65. The molecule has 2 aromatic heterocycles. The number of benzene rings is 1. The first-order chi connectivity index (χ1) is 14.1. The molecule has 1 saturated heterocycles. The SMILES string of the molecule is Cn1cc(-c2ccnc(N3CCC(NC(=O)COc4cccc(Cl)c4)C3)n2)cn1. The zero-order chi connectivity index (χ0) is 20.2. The fourth-order valence-electron chi connectivity index (χ4n) is 3.25. The quantitative estimate of drug-likeness (QED) is 0.668. The van der Waals surface area contributed by atoms with Gasteiger partial charge in [0.1, 0.15) is 5.75 Å². The number of hydrogen-bond acceptors (Lipinski definition) is 6. The molecule has 3 heterocycles. The second-order valence-corrected chi connectivity index (χ2v) is 7.33. The molecule has 0 aliphatic carbocycles. The first-order valence-electron chi connectivity index (χ1n) is 9.31. The third kappa shape index (κ3) is 4.83. The Morgan fingerprint density at radius 3 is 3.07 bits per heavy atom. The zero-order valence-corrected chi connectivity index (χ0v) is 16.7. The van der Waals surface area contributed by atoms with Crippen LogP contribution in [-0.4, -0.2) is 51.4 Å². The summed E-state index contributed by atoms with van der Waals surface area (Å²) >= 11 is 5.92. The highest BCUT2D eigenvalue weighted by atomic mass is 35.5. The number of nitrogens with zero attached hydrogens (tertiary/aromatic N) is 5. The number of aromatic nitrogens is 4. The molecule has 0 saturated carbocycles. The molecule has 8 nitrogen and oxygen atoms in total. The van der Waals surface area contributed by atoms with Crippen molar-refractivity contribution in [3.63, 3.8) is 0 Å². The van der Waals surface area contributed by atoms with E-state index in [1.54, 1.807) is 41.3 Å². The molecule has 1 unspecified atom stereocenters. The molecule has 0 spiro atoms. The van der Waals surface area contributed by atoms with Crippen LogP contribution >= 0.6 is 11.6 Å². The van der Waals surface area contributed by atoms with E-state index in [1.807, 2.05) is 19.3 Å². The van der Waals surface area contributed by atoms with E-state index in [-0.39, 0.29) is 18.6 Å². The molecule has 1 aliphatic rings. The van der Waals surface area contributed by atoms with Gasteiger partial charge >= 0.3 is 0 Å². The van der Waals surface area contributed by atoms with Gasteiger partial charge in [0.05, 0.1) is 11.9 Å². The smallest absolute Gasteiger partial charge is 0.258 e. The number of aryl methyl sites for hydroxylation is 1. The van der Waals surface area contributed by atoms with Crippen molar-refractivity contribution >= 4 is 23.5 Å². The summed E-state index contributed by atoms with van der Waals surface area (Å²) in [5.41, 5.74) is 1.77. The average molecular weight is 413 g/mol. The second kappa shape index (κ2) is 8.48. The standard InChI is InChI=1S/C20H21ClN6O2/c1-26-11-14(10-23-26)18-5-7-22-20(25-18)27-8-6-16(12-27)24-19(28)13-29-17-4-2-3-15(21)9-17/h2-5,7,9-11,16H,6,8,12-13H2,1H3,(H,24,28). The predicted molar refractivity (Wildman–Crippen MR) is 110 cm³/mol. The molecule has 1 aliphatic heterocycles. The molecule has 4 rings (SSSR count). The Morgan fingerprint density at radius 1 is 1.38 bits per heavy atom. The molecule has 1 N–H and O–H groups in total. The minimum absolute atomic E-state index is 0.0242. The Labute approximate surface area is 173 Å². The lowest BCUT2D eigenvalue weighted by atomic mass is 10.2. The summed E-state index contributed by atoms with van der Waals surface area (Å²) in [4.78, 5) is 23.3. The summed E-state index contributed by atoms with van der Waals surface area (Å²) in [6.45, 7) is 1.37. The number of carbonyl (C=O) groups is 1. The van der Waals surface area contributed by atoms with Gasteiger partial charge in [-0.15, -0.1) is 0 Å². The van der Waals surface area contributed by atoms with Gasteiger partial charge < -0.3 is 15.0 Å². The maximum Gasteiger partial charge on any atom is 0.258 e. The van der Waals surface area contributed by atoms with Gasteiger partial charge in [0.15, 0.2) is 6.61 Å². The van der Waals surface area contributed by atoms with Crippen LogP contribution in [0, 0.1) is 0 Å². The van der Waals surface area contributed by atoms with Crippen LogP contribution in [0.15, 0.2) is 48.9 Å². The summed E-state index contributed by atoms with van der Waals surface area (Å²) in [7, 11) is 1.87. The molecule has 0 bridgehead atoms. The number of amides is 1. The van der Waals surface area contributed by atoms with Crippen LogP contribution in [0.2, 0.25) is 5.02 Å². The molecule has 1 aromatic carbocycles. The van der Waals surface area contributed by atoms with Crippen LogP contribution in [0.25, 0.3) is 11.3 Å². The number of rotatable bonds is 6. The van der Waals surface area contributed by atoms with Gasteiger partial charge in [-0.05, 0) is 30.7 Å². The lowest BCUT2D eigenvalue weighted by molar-refractivity contribution is -0.123. The van der Waals surface area contributed by atoms with E-state index in [2.05, 4.69) is 25.3 Å². The van der Waals surface area contributed by atoms with Crippen LogP contribution in [0.4, 0.5) is 5.95 Å². The molecular weight excluding hydrogens is 392 g/mol. The van der Waals surface area contributed by atoms with E-state index in [4.69, 9.17) is 16.3 Å². The van der Waals surface area contributed by atoms with E-state index in [1.165, 1.54) is 0 Å². The highest BCUT2D eigenvalue weighted by molar-refractivity contribution is 6.30. The van der Waals surface area contributed by atoms with Gasteiger partial charge in [-0.1, -0.05) is 17.7 Å².